The van der Waals surface area contributed by atoms with Gasteiger partial charge in [-0.05, 0) is 54.8 Å². The Balaban J connectivity index is -0.000000255. The van der Waals surface area contributed by atoms with Crippen LogP contribution in [0.3, 0.4) is 0 Å². The van der Waals surface area contributed by atoms with E-state index >= 15 is 0 Å². The molecule has 0 amide bonds. The summed E-state index contributed by atoms with van der Waals surface area (Å²) in [6.07, 6.45) is 2.24. The van der Waals surface area contributed by atoms with E-state index in [1.165, 1.54) is 28.9 Å². The summed E-state index contributed by atoms with van der Waals surface area (Å²) >= 11 is 9.43. The molecule has 10 heteroatoms. The molecule has 2 aromatic rings. The topological polar surface area (TPSA) is 95.9 Å². The van der Waals surface area contributed by atoms with E-state index in [1.807, 2.05) is 22.9 Å². The summed E-state index contributed by atoms with van der Waals surface area (Å²) in [5.74, 6) is 3.50. The Labute approximate surface area is 154 Å². The van der Waals surface area contributed by atoms with Crippen LogP contribution in [0.1, 0.15) is 22.0 Å². The molecule has 0 bridgehead atoms. The third-order valence-corrected chi connectivity index (χ3v) is 5.17. The lowest BCUT2D eigenvalue weighted by Gasteiger charge is -1.80. The van der Waals surface area contributed by atoms with Crippen LogP contribution in [0.2, 0.25) is 0 Å². The summed E-state index contributed by atoms with van der Waals surface area (Å²) < 4.78 is 1.85. The third kappa shape index (κ3) is 10.1. The zero-order valence-corrected chi connectivity index (χ0v) is 15.4. The van der Waals surface area contributed by atoms with E-state index in [-0.39, 0.29) is 19.8 Å². The van der Waals surface area contributed by atoms with Gasteiger partial charge in [0.2, 0.25) is 0 Å². The molecule has 5 nitrogen and oxygen atoms in total. The molecular weight excluding hydrogens is 468 g/mol. The number of carbonyl (C=O) groups excluding carboxylic acids is 1. The maximum atomic E-state index is 10.1. The van der Waals surface area contributed by atoms with Gasteiger partial charge in [0, 0.05) is 8.95 Å². The Morgan fingerprint density at radius 3 is 1.76 bits per heavy atom. The maximum Gasteiger partial charge on any atom is 0.161 e. The highest BCUT2D eigenvalue weighted by molar-refractivity contribution is 9.11. The van der Waals surface area contributed by atoms with Crippen molar-refractivity contribution in [3.8, 4) is 0 Å². The Hall–Kier alpha value is -0.290. The first-order chi connectivity index (χ1) is 9.19. The van der Waals surface area contributed by atoms with E-state index in [4.69, 9.17) is 10.4 Å². The number of halogens is 3. The molecule has 0 fully saturated rings. The van der Waals surface area contributed by atoms with Crippen LogP contribution >= 0.6 is 66.9 Å². The van der Waals surface area contributed by atoms with Crippen LogP contribution in [0.4, 0.5) is 0 Å². The Morgan fingerprint density at radius 2 is 1.52 bits per heavy atom. The highest BCUT2D eigenvalue weighted by Gasteiger charge is 1.95. The van der Waals surface area contributed by atoms with Gasteiger partial charge in [0.05, 0.1) is 16.0 Å². The Kier molecular flexibility index (Phi) is 19.7. The van der Waals surface area contributed by atoms with Crippen LogP contribution in [0.25, 0.3) is 0 Å². The normalized spacial score (nSPS) is 8.38. The lowest BCUT2D eigenvalue weighted by atomic mass is 10.5. The van der Waals surface area contributed by atoms with Gasteiger partial charge >= 0.3 is 0 Å². The third-order valence-electron chi connectivity index (χ3n) is 1.57. The zero-order valence-electron chi connectivity index (χ0n) is 9.77. The van der Waals surface area contributed by atoms with Gasteiger partial charge in [-0.2, -0.15) is 0 Å². The van der Waals surface area contributed by atoms with E-state index in [1.54, 1.807) is 0 Å². The second-order valence-corrected chi connectivity index (χ2v) is 6.23. The van der Waals surface area contributed by atoms with Crippen LogP contribution in [0, 0.1) is 0 Å². The molecule has 0 saturated carbocycles. The van der Waals surface area contributed by atoms with Crippen molar-refractivity contribution in [2.75, 3.05) is 0 Å². The molecule has 0 aliphatic heterocycles. The van der Waals surface area contributed by atoms with Crippen molar-refractivity contribution >= 4 is 79.4 Å². The highest BCUT2D eigenvalue weighted by atomic mass is 79.9. The van der Waals surface area contributed by atoms with E-state index in [9.17, 15) is 4.79 Å². The number of nitrogens with zero attached hydrogens (tertiary/aromatic N) is 1. The lowest BCUT2D eigenvalue weighted by Crippen LogP contribution is -1.72. The van der Waals surface area contributed by atoms with Gasteiger partial charge in [0.25, 0.3) is 0 Å². The van der Waals surface area contributed by atoms with Crippen molar-refractivity contribution in [1.29, 1.82) is 0 Å². The van der Waals surface area contributed by atoms with E-state index in [0.717, 1.165) is 25.0 Å². The summed E-state index contributed by atoms with van der Waals surface area (Å²) in [6, 6.07) is 3.76. The van der Waals surface area contributed by atoms with Crippen LogP contribution in [0.5, 0.6) is 0 Å². The quantitative estimate of drug-likeness (QED) is 0.242. The fourth-order valence-electron chi connectivity index (χ4n) is 0.840. The molecule has 2 rings (SSSR count). The van der Waals surface area contributed by atoms with Gasteiger partial charge in [0.15, 0.2) is 6.29 Å². The molecule has 2 aromatic heterocycles. The summed E-state index contributed by atoms with van der Waals surface area (Å²) in [4.78, 5) is 11.8. The number of carbonyl (C=O) groups is 1. The average Bonchev–Trinajstić information content (AvgIpc) is 3.02. The minimum atomic E-state index is 0. The molecule has 21 heavy (non-hydrogen) atoms. The first-order valence-corrected chi connectivity index (χ1v) is 7.88. The van der Waals surface area contributed by atoms with E-state index < -0.39 is 0 Å². The number of thiophene rings is 2. The van der Waals surface area contributed by atoms with Crippen LogP contribution < -0.4 is 5.90 Å². The van der Waals surface area contributed by atoms with Crippen molar-refractivity contribution in [1.82, 2.24) is 0 Å². The molecule has 0 saturated heterocycles. The van der Waals surface area contributed by atoms with Crippen molar-refractivity contribution in [2.45, 2.75) is 7.43 Å². The monoisotopic (exact) mass is 480 g/mol. The molecule has 4 N–H and O–H groups in total. The molecule has 0 unspecified atom stereocenters. The molecular formula is C11H15Br2ClN2O3S2. The van der Waals surface area contributed by atoms with Crippen molar-refractivity contribution in [3.63, 3.8) is 0 Å². The Bertz CT molecular complexity index is 521. The predicted molar refractivity (Wildman–Crippen MR) is 98.8 cm³/mol. The highest BCUT2D eigenvalue weighted by Crippen LogP contribution is 2.20. The molecule has 0 radical (unpaired) electrons. The standard InChI is InChI=1S/C5H4BrNOS.C5H3BrOS.CH4.ClH.H3NO/c6-4-1-2-9-5(4)3-7-8;6-4-1-2-8-5(4)3-7;;;1-2/h1-3,8H;1-3H;1H4;1H;2H,1H2/b7-3+;;;;. The largest absolute Gasteiger partial charge is 0.411 e. The van der Waals surface area contributed by atoms with Crippen molar-refractivity contribution in [3.05, 3.63) is 41.6 Å². The molecule has 120 valence electrons. The van der Waals surface area contributed by atoms with Crippen molar-refractivity contribution in [2.24, 2.45) is 11.1 Å². The van der Waals surface area contributed by atoms with Crippen LogP contribution in [-0.2, 0) is 0 Å². The number of oxime groups is 1. The first-order valence-electron chi connectivity index (χ1n) is 4.53. The van der Waals surface area contributed by atoms with Gasteiger partial charge < -0.3 is 10.4 Å². The number of rotatable bonds is 2. The fraction of sp³-hybridized carbons (Fsp3) is 0.0909. The van der Waals surface area contributed by atoms with E-state index in [2.05, 4.69) is 42.9 Å². The summed E-state index contributed by atoms with van der Waals surface area (Å²) in [5.41, 5.74) is 0. The summed E-state index contributed by atoms with van der Waals surface area (Å²) in [6.45, 7) is 0. The minimum absolute atomic E-state index is 0. The maximum absolute atomic E-state index is 10.1. The minimum Gasteiger partial charge on any atom is -0.411 e. The Morgan fingerprint density at radius 1 is 1.10 bits per heavy atom. The van der Waals surface area contributed by atoms with E-state index in [0.29, 0.717) is 0 Å². The lowest BCUT2D eigenvalue weighted by molar-refractivity contribution is 0.112. The molecule has 0 aromatic carbocycles. The molecule has 2 heterocycles. The second-order valence-electron chi connectivity index (χ2n) is 2.63. The van der Waals surface area contributed by atoms with Gasteiger partial charge in [-0.1, -0.05) is 12.6 Å². The van der Waals surface area contributed by atoms with Crippen LogP contribution in [-0.4, -0.2) is 22.9 Å². The molecule has 0 aliphatic carbocycles. The van der Waals surface area contributed by atoms with Gasteiger partial charge in [-0.3, -0.25) is 4.79 Å². The van der Waals surface area contributed by atoms with Gasteiger partial charge in [-0.15, -0.1) is 35.1 Å². The molecule has 0 atom stereocenters. The molecule has 0 spiro atoms. The smallest absolute Gasteiger partial charge is 0.161 e. The SMILES string of the molecule is C.Cl.NO.O/N=C/c1sccc1Br.O=Cc1sccc1Br. The van der Waals surface area contributed by atoms with Crippen LogP contribution in [0.15, 0.2) is 37.0 Å². The predicted octanol–water partition coefficient (Wildman–Crippen LogP) is 5.03. The second kappa shape index (κ2) is 16.1. The number of aldehydes is 1. The summed E-state index contributed by atoms with van der Waals surface area (Å²) in [5, 5.41) is 21.3. The fourth-order valence-corrected chi connectivity index (χ4v) is 3.44. The van der Waals surface area contributed by atoms with Crippen molar-refractivity contribution < 1.29 is 15.2 Å². The zero-order chi connectivity index (χ0) is 14.7. The molecule has 0 aliphatic rings. The average molecular weight is 483 g/mol. The summed E-state index contributed by atoms with van der Waals surface area (Å²) in [7, 11) is 0. The number of nitrogens with two attached hydrogens (primary N) is 1. The number of hydrogen-bond donors (Lipinski definition) is 3. The van der Waals surface area contributed by atoms with Gasteiger partial charge in [-0.25, -0.2) is 5.90 Å². The first kappa shape index (κ1) is 25.7. The number of hydrogen-bond acceptors (Lipinski definition) is 7. The van der Waals surface area contributed by atoms with Gasteiger partial charge in [0.1, 0.15) is 0 Å².